The molecule has 0 bridgehead atoms. The Hall–Kier alpha value is -0.240. The molecule has 3 aliphatic heterocycles. The van der Waals surface area contributed by atoms with E-state index < -0.39 is 11.8 Å². The third kappa shape index (κ3) is 1.89. The van der Waals surface area contributed by atoms with E-state index in [-0.39, 0.29) is 24.6 Å². The summed E-state index contributed by atoms with van der Waals surface area (Å²) in [5.41, 5.74) is 0. The largest absolute Gasteiger partial charge is 0.341 e. The highest BCUT2D eigenvalue weighted by Crippen LogP contribution is 2.42. The van der Waals surface area contributed by atoms with Gasteiger partial charge in [0.1, 0.15) is 18.3 Å². The van der Waals surface area contributed by atoms with Gasteiger partial charge in [-0.05, 0) is 13.8 Å². The maximum atomic E-state index is 5.80. The molecule has 0 spiro atoms. The van der Waals surface area contributed by atoms with Crippen LogP contribution in [0.3, 0.4) is 0 Å². The Morgan fingerprint density at radius 3 is 2.53 bits per heavy atom. The predicted octanol–water partition coefficient (Wildman–Crippen LogP) is 0.598. The second kappa shape index (κ2) is 3.63. The number of methoxy groups -OCH3 is 1. The molecule has 3 rings (SSSR count). The van der Waals surface area contributed by atoms with Gasteiger partial charge in [0.05, 0.1) is 6.61 Å². The van der Waals surface area contributed by atoms with Crippen molar-refractivity contribution in [2.45, 2.75) is 57.1 Å². The minimum atomic E-state index is -1.03. The van der Waals surface area contributed by atoms with Gasteiger partial charge >= 0.3 is 0 Å². The maximum absolute atomic E-state index is 5.80. The Morgan fingerprint density at radius 1 is 1.06 bits per heavy atom. The van der Waals surface area contributed by atoms with Gasteiger partial charge in [-0.3, -0.25) is 0 Å². The first kappa shape index (κ1) is 11.8. The van der Waals surface area contributed by atoms with Crippen LogP contribution in [0.2, 0.25) is 0 Å². The molecule has 6 heteroatoms. The molecule has 3 aliphatic rings. The Bertz CT molecular complexity index is 319. The van der Waals surface area contributed by atoms with Crippen LogP contribution < -0.4 is 0 Å². The summed E-state index contributed by atoms with van der Waals surface area (Å²) in [4.78, 5) is 0. The van der Waals surface area contributed by atoms with E-state index in [4.69, 9.17) is 28.4 Å². The summed E-state index contributed by atoms with van der Waals surface area (Å²) in [6.07, 6.45) is -0.999. The molecule has 6 nitrogen and oxygen atoms in total. The molecule has 98 valence electrons. The number of rotatable bonds is 1. The molecule has 0 N–H and O–H groups in total. The first-order valence-electron chi connectivity index (χ1n) is 5.80. The molecular formula is C11H18O6. The normalized spacial score (nSPS) is 52.2. The van der Waals surface area contributed by atoms with E-state index in [9.17, 15) is 0 Å². The first-order chi connectivity index (χ1) is 7.92. The molecule has 5 atom stereocenters. The zero-order valence-electron chi connectivity index (χ0n) is 10.5. The van der Waals surface area contributed by atoms with Crippen molar-refractivity contribution in [2.75, 3.05) is 13.7 Å². The zero-order chi connectivity index (χ0) is 12.3. The van der Waals surface area contributed by atoms with Gasteiger partial charge in [-0.25, -0.2) is 0 Å². The third-order valence-corrected chi connectivity index (χ3v) is 3.32. The summed E-state index contributed by atoms with van der Waals surface area (Å²) in [6, 6.07) is 0. The van der Waals surface area contributed by atoms with Crippen LogP contribution in [0.1, 0.15) is 20.8 Å². The van der Waals surface area contributed by atoms with Crippen LogP contribution >= 0.6 is 0 Å². The lowest BCUT2D eigenvalue weighted by Gasteiger charge is -2.39. The summed E-state index contributed by atoms with van der Waals surface area (Å²) >= 11 is 0. The van der Waals surface area contributed by atoms with Crippen molar-refractivity contribution in [3.05, 3.63) is 0 Å². The van der Waals surface area contributed by atoms with Crippen LogP contribution in [0, 0.1) is 0 Å². The van der Waals surface area contributed by atoms with E-state index in [1.807, 2.05) is 13.8 Å². The van der Waals surface area contributed by atoms with Gasteiger partial charge < -0.3 is 28.4 Å². The molecule has 0 aromatic carbocycles. The number of ether oxygens (including phenoxy) is 6. The summed E-state index contributed by atoms with van der Waals surface area (Å²) in [5.74, 6) is -1.67. The Labute approximate surface area is 100 Å². The second-order valence-electron chi connectivity index (χ2n) is 5.10. The summed E-state index contributed by atoms with van der Waals surface area (Å²) in [7, 11) is 1.55. The van der Waals surface area contributed by atoms with Crippen molar-refractivity contribution >= 4 is 0 Å². The zero-order valence-corrected chi connectivity index (χ0v) is 10.5. The van der Waals surface area contributed by atoms with Crippen LogP contribution in [-0.4, -0.2) is 50.1 Å². The lowest BCUT2D eigenvalue weighted by molar-refractivity contribution is -0.416. The highest BCUT2D eigenvalue weighted by molar-refractivity contribution is 4.96. The minimum Gasteiger partial charge on any atom is -0.341 e. The SMILES string of the molecule is COC1(C)OC[C@H]2OC3OC(C)(C)O[C@@H]3[C@H]2O1. The Balaban J connectivity index is 1.77. The fourth-order valence-corrected chi connectivity index (χ4v) is 2.45. The molecule has 0 aromatic heterocycles. The van der Waals surface area contributed by atoms with Crippen molar-refractivity contribution < 1.29 is 28.4 Å². The fourth-order valence-electron chi connectivity index (χ4n) is 2.45. The van der Waals surface area contributed by atoms with Crippen molar-refractivity contribution in [3.8, 4) is 0 Å². The Kier molecular flexibility index (Phi) is 2.52. The highest BCUT2D eigenvalue weighted by atomic mass is 16.9. The standard InChI is InChI=1S/C11H18O6/c1-10(2)15-8-7-6(14-9(8)17-10)5-13-11(3,12-4)16-7/h6-9H,5H2,1-4H3/t6-,7+,8-,9?,11?/m1/s1. The topological polar surface area (TPSA) is 55.4 Å². The first-order valence-corrected chi connectivity index (χ1v) is 5.80. The van der Waals surface area contributed by atoms with Gasteiger partial charge in [-0.2, -0.15) is 0 Å². The van der Waals surface area contributed by atoms with Gasteiger partial charge in [0.25, 0.3) is 5.97 Å². The van der Waals surface area contributed by atoms with Gasteiger partial charge in [-0.15, -0.1) is 0 Å². The molecule has 0 saturated carbocycles. The monoisotopic (exact) mass is 246 g/mol. The third-order valence-electron chi connectivity index (χ3n) is 3.32. The van der Waals surface area contributed by atoms with Crippen LogP contribution in [0.15, 0.2) is 0 Å². The van der Waals surface area contributed by atoms with Crippen molar-refractivity contribution in [1.29, 1.82) is 0 Å². The van der Waals surface area contributed by atoms with E-state index in [0.29, 0.717) is 6.61 Å². The highest BCUT2D eigenvalue weighted by Gasteiger charge is 2.59. The predicted molar refractivity (Wildman–Crippen MR) is 54.9 cm³/mol. The lowest BCUT2D eigenvalue weighted by atomic mass is 10.1. The smallest absolute Gasteiger partial charge is 0.280 e. The van der Waals surface area contributed by atoms with Crippen LogP contribution in [0.5, 0.6) is 0 Å². The van der Waals surface area contributed by atoms with Crippen molar-refractivity contribution in [1.82, 2.24) is 0 Å². The van der Waals surface area contributed by atoms with Crippen molar-refractivity contribution in [2.24, 2.45) is 0 Å². The van der Waals surface area contributed by atoms with E-state index >= 15 is 0 Å². The average Bonchev–Trinajstić information content (AvgIpc) is 2.71. The van der Waals surface area contributed by atoms with Gasteiger partial charge in [0, 0.05) is 14.0 Å². The number of hydrogen-bond acceptors (Lipinski definition) is 6. The summed E-state index contributed by atoms with van der Waals surface area (Å²) in [6.45, 7) is 5.86. The Morgan fingerprint density at radius 2 is 1.82 bits per heavy atom. The second-order valence-corrected chi connectivity index (χ2v) is 5.10. The van der Waals surface area contributed by atoms with Crippen LogP contribution in [0.25, 0.3) is 0 Å². The molecule has 0 aromatic rings. The molecule has 0 amide bonds. The number of fused-ring (bicyclic) bond motifs is 3. The molecule has 0 radical (unpaired) electrons. The molecule has 3 saturated heterocycles. The molecule has 2 unspecified atom stereocenters. The van der Waals surface area contributed by atoms with E-state index in [0.717, 1.165) is 0 Å². The summed E-state index contributed by atoms with van der Waals surface area (Å²) < 4.78 is 33.6. The van der Waals surface area contributed by atoms with Crippen LogP contribution in [-0.2, 0) is 28.4 Å². The molecular weight excluding hydrogens is 228 g/mol. The lowest BCUT2D eigenvalue weighted by Crippen LogP contribution is -2.53. The molecule has 3 fully saturated rings. The van der Waals surface area contributed by atoms with Gasteiger partial charge in [-0.1, -0.05) is 0 Å². The maximum Gasteiger partial charge on any atom is 0.280 e. The minimum absolute atomic E-state index is 0.163. The quantitative estimate of drug-likeness (QED) is 0.675. The average molecular weight is 246 g/mol. The summed E-state index contributed by atoms with van der Waals surface area (Å²) in [5, 5.41) is 0. The van der Waals surface area contributed by atoms with Crippen molar-refractivity contribution in [3.63, 3.8) is 0 Å². The van der Waals surface area contributed by atoms with E-state index in [1.165, 1.54) is 0 Å². The van der Waals surface area contributed by atoms with Gasteiger partial charge in [0.15, 0.2) is 12.1 Å². The van der Waals surface area contributed by atoms with Gasteiger partial charge in [0.2, 0.25) is 0 Å². The fraction of sp³-hybridized carbons (Fsp3) is 1.00. The number of hydrogen-bond donors (Lipinski definition) is 0. The van der Waals surface area contributed by atoms with Crippen LogP contribution in [0.4, 0.5) is 0 Å². The van der Waals surface area contributed by atoms with E-state index in [1.54, 1.807) is 14.0 Å². The van der Waals surface area contributed by atoms with E-state index in [2.05, 4.69) is 0 Å². The molecule has 17 heavy (non-hydrogen) atoms. The molecule has 0 aliphatic carbocycles. The molecule has 3 heterocycles.